The number of fused-ring (bicyclic) bond motifs is 1. The van der Waals surface area contributed by atoms with Gasteiger partial charge in [-0.15, -0.1) is 0 Å². The maximum atomic E-state index is 11.4. The Kier molecular flexibility index (Phi) is 2.52. The van der Waals surface area contributed by atoms with Gasteiger partial charge in [0.2, 0.25) is 5.91 Å². The Morgan fingerprint density at radius 1 is 1.44 bits per heavy atom. The molecule has 2 rings (SSSR count). The highest BCUT2D eigenvalue weighted by atomic mass is 16.4. The normalized spacial score (nSPS) is 19.1. The lowest BCUT2D eigenvalue weighted by atomic mass is 10.1. The van der Waals surface area contributed by atoms with Gasteiger partial charge in [0.25, 0.3) is 0 Å². The molecule has 1 atom stereocenters. The number of benzene rings is 1. The summed E-state index contributed by atoms with van der Waals surface area (Å²) in [5.41, 5.74) is 1.48. The van der Waals surface area contributed by atoms with Gasteiger partial charge in [0.05, 0.1) is 16.9 Å². The summed E-state index contributed by atoms with van der Waals surface area (Å²) in [6.07, 6.45) is 0.372. The monoisotopic (exact) mass is 220 g/mol. The van der Waals surface area contributed by atoms with Gasteiger partial charge in [-0.1, -0.05) is 0 Å². The minimum atomic E-state index is -0.979. The molecular weight excluding hydrogens is 208 g/mol. The van der Waals surface area contributed by atoms with Crippen LogP contribution in [0.15, 0.2) is 18.2 Å². The van der Waals surface area contributed by atoms with Crippen LogP contribution in [0.4, 0.5) is 11.4 Å². The largest absolute Gasteiger partial charge is 0.478 e. The van der Waals surface area contributed by atoms with Crippen molar-refractivity contribution in [3.8, 4) is 0 Å². The van der Waals surface area contributed by atoms with Crippen molar-refractivity contribution in [3.05, 3.63) is 23.8 Å². The zero-order chi connectivity index (χ0) is 11.7. The number of hydrogen-bond acceptors (Lipinski definition) is 3. The number of hydrogen-bond donors (Lipinski definition) is 3. The van der Waals surface area contributed by atoms with Crippen LogP contribution in [0.2, 0.25) is 0 Å². The average Bonchev–Trinajstić information content (AvgIpc) is 2.32. The molecular formula is C11H12N2O3. The van der Waals surface area contributed by atoms with Crippen LogP contribution in [0.1, 0.15) is 23.7 Å². The van der Waals surface area contributed by atoms with Gasteiger partial charge < -0.3 is 15.7 Å². The molecule has 5 nitrogen and oxygen atoms in total. The number of carboxylic acids is 1. The van der Waals surface area contributed by atoms with Crippen molar-refractivity contribution >= 4 is 23.3 Å². The first-order chi connectivity index (χ1) is 7.56. The number of aromatic carboxylic acids is 1. The molecule has 0 bridgehead atoms. The number of amides is 1. The molecule has 1 heterocycles. The summed E-state index contributed by atoms with van der Waals surface area (Å²) in [6, 6.07) is 4.59. The molecule has 16 heavy (non-hydrogen) atoms. The molecule has 5 heteroatoms. The third-order valence-electron chi connectivity index (χ3n) is 2.43. The van der Waals surface area contributed by atoms with E-state index in [9.17, 15) is 9.59 Å². The summed E-state index contributed by atoms with van der Waals surface area (Å²) in [4.78, 5) is 22.2. The fourth-order valence-electron chi connectivity index (χ4n) is 1.70. The van der Waals surface area contributed by atoms with E-state index >= 15 is 0 Å². The minimum absolute atomic E-state index is 0.00899. The van der Waals surface area contributed by atoms with Gasteiger partial charge in [-0.05, 0) is 25.1 Å². The molecule has 84 valence electrons. The first kappa shape index (κ1) is 10.5. The van der Waals surface area contributed by atoms with E-state index < -0.39 is 5.97 Å². The maximum absolute atomic E-state index is 11.4. The van der Waals surface area contributed by atoms with E-state index in [1.54, 1.807) is 6.07 Å². The lowest BCUT2D eigenvalue weighted by Crippen LogP contribution is -2.18. The molecule has 0 saturated carbocycles. The van der Waals surface area contributed by atoms with E-state index in [1.807, 2.05) is 6.92 Å². The quantitative estimate of drug-likeness (QED) is 0.670. The Bertz CT molecular complexity index is 457. The Labute approximate surface area is 92.5 Å². The number of carboxylic acid groups (broad SMARTS) is 1. The molecule has 1 aromatic carbocycles. The molecule has 0 radical (unpaired) electrons. The van der Waals surface area contributed by atoms with Crippen molar-refractivity contribution in [1.29, 1.82) is 0 Å². The highest BCUT2D eigenvalue weighted by molar-refractivity contribution is 5.98. The van der Waals surface area contributed by atoms with E-state index in [2.05, 4.69) is 10.6 Å². The summed E-state index contributed by atoms with van der Waals surface area (Å²) in [5, 5.41) is 14.7. The second kappa shape index (κ2) is 3.84. The van der Waals surface area contributed by atoms with Gasteiger partial charge in [0.15, 0.2) is 0 Å². The molecule has 0 aromatic heterocycles. The molecule has 0 saturated heterocycles. The molecule has 3 N–H and O–H groups in total. The number of carbonyl (C=O) groups excluding carboxylic acids is 1. The summed E-state index contributed by atoms with van der Waals surface area (Å²) in [7, 11) is 0. The molecule has 0 spiro atoms. The van der Waals surface area contributed by atoms with Crippen LogP contribution in [0.25, 0.3) is 0 Å². The van der Waals surface area contributed by atoms with Gasteiger partial charge >= 0.3 is 5.97 Å². The summed E-state index contributed by atoms with van der Waals surface area (Å²) in [5.74, 6) is -1.05. The van der Waals surface area contributed by atoms with Crippen LogP contribution in [0.3, 0.4) is 0 Å². The van der Waals surface area contributed by atoms with Crippen molar-refractivity contribution in [2.24, 2.45) is 0 Å². The number of carbonyl (C=O) groups is 2. The first-order valence-electron chi connectivity index (χ1n) is 5.00. The van der Waals surface area contributed by atoms with Gasteiger partial charge in [0.1, 0.15) is 0 Å². The minimum Gasteiger partial charge on any atom is -0.478 e. The van der Waals surface area contributed by atoms with Crippen molar-refractivity contribution in [2.45, 2.75) is 19.4 Å². The van der Waals surface area contributed by atoms with Crippen molar-refractivity contribution in [3.63, 3.8) is 0 Å². The van der Waals surface area contributed by atoms with Crippen molar-refractivity contribution < 1.29 is 14.7 Å². The SMILES string of the molecule is C[C@@H]1CC(=O)Nc2ccc(C(=O)O)cc2N1. The topological polar surface area (TPSA) is 78.4 Å². The number of nitrogens with one attached hydrogen (secondary N) is 2. The fourth-order valence-corrected chi connectivity index (χ4v) is 1.70. The fraction of sp³-hybridized carbons (Fsp3) is 0.273. The first-order valence-corrected chi connectivity index (χ1v) is 5.00. The lowest BCUT2D eigenvalue weighted by molar-refractivity contribution is -0.116. The zero-order valence-corrected chi connectivity index (χ0v) is 8.78. The van der Waals surface area contributed by atoms with Crippen molar-refractivity contribution in [2.75, 3.05) is 10.6 Å². The van der Waals surface area contributed by atoms with Gasteiger partial charge in [-0.3, -0.25) is 4.79 Å². The highest BCUT2D eigenvalue weighted by Crippen LogP contribution is 2.27. The van der Waals surface area contributed by atoms with E-state index in [0.717, 1.165) is 0 Å². The summed E-state index contributed by atoms with van der Waals surface area (Å²) in [6.45, 7) is 1.88. The number of rotatable bonds is 1. The zero-order valence-electron chi connectivity index (χ0n) is 8.78. The smallest absolute Gasteiger partial charge is 0.335 e. The standard InChI is InChI=1S/C11H12N2O3/c1-6-4-10(14)13-8-3-2-7(11(15)16)5-9(8)12-6/h2-3,5-6,12H,4H2,1H3,(H,13,14)(H,15,16)/t6-/m1/s1. The second-order valence-electron chi connectivity index (χ2n) is 3.86. The van der Waals surface area contributed by atoms with Crippen LogP contribution in [-0.4, -0.2) is 23.0 Å². The molecule has 0 unspecified atom stereocenters. The summed E-state index contributed by atoms with van der Waals surface area (Å²) < 4.78 is 0. The Morgan fingerprint density at radius 3 is 2.88 bits per heavy atom. The van der Waals surface area contributed by atoms with Gasteiger partial charge in [-0.25, -0.2) is 4.79 Å². The molecule has 1 aliphatic rings. The second-order valence-corrected chi connectivity index (χ2v) is 3.86. The molecule has 0 aliphatic carbocycles. The molecule has 0 fully saturated rings. The van der Waals surface area contributed by atoms with Gasteiger partial charge in [0, 0.05) is 12.5 Å². The third-order valence-corrected chi connectivity index (χ3v) is 2.43. The Morgan fingerprint density at radius 2 is 2.19 bits per heavy atom. The van der Waals surface area contributed by atoms with E-state index in [1.165, 1.54) is 12.1 Å². The number of anilines is 2. The average molecular weight is 220 g/mol. The van der Waals surface area contributed by atoms with Crippen LogP contribution < -0.4 is 10.6 Å². The van der Waals surface area contributed by atoms with E-state index in [-0.39, 0.29) is 17.5 Å². The van der Waals surface area contributed by atoms with Crippen LogP contribution in [0.5, 0.6) is 0 Å². The van der Waals surface area contributed by atoms with E-state index in [0.29, 0.717) is 17.8 Å². The predicted molar refractivity (Wildman–Crippen MR) is 59.7 cm³/mol. The van der Waals surface area contributed by atoms with Crippen LogP contribution in [-0.2, 0) is 4.79 Å². The predicted octanol–water partition coefficient (Wildman–Crippen LogP) is 1.53. The maximum Gasteiger partial charge on any atom is 0.335 e. The third kappa shape index (κ3) is 1.98. The molecule has 1 amide bonds. The van der Waals surface area contributed by atoms with Crippen LogP contribution >= 0.6 is 0 Å². The highest BCUT2D eigenvalue weighted by Gasteiger charge is 2.18. The van der Waals surface area contributed by atoms with E-state index in [4.69, 9.17) is 5.11 Å². The molecule has 1 aromatic rings. The summed E-state index contributed by atoms with van der Waals surface area (Å²) >= 11 is 0. The van der Waals surface area contributed by atoms with Crippen LogP contribution in [0, 0.1) is 0 Å². The van der Waals surface area contributed by atoms with Gasteiger partial charge in [-0.2, -0.15) is 0 Å². The molecule has 1 aliphatic heterocycles. The lowest BCUT2D eigenvalue weighted by Gasteiger charge is -2.11. The Hall–Kier alpha value is -2.04. The van der Waals surface area contributed by atoms with Crippen molar-refractivity contribution in [1.82, 2.24) is 0 Å². The Balaban J connectivity index is 2.42.